The van der Waals surface area contributed by atoms with Gasteiger partial charge in [-0.25, -0.2) is 0 Å². The first kappa shape index (κ1) is 32.9. The second-order valence-corrected chi connectivity index (χ2v) is 9.30. The number of allylic oxidation sites excluding steroid dienone is 4. The highest BCUT2D eigenvalue weighted by atomic mass is 16.5. The van der Waals surface area contributed by atoms with Gasteiger partial charge in [0, 0.05) is 37.5 Å². The maximum Gasteiger partial charge on any atom is 0.271 e. The molecule has 1 aromatic heterocycles. The van der Waals surface area contributed by atoms with Crippen LogP contribution in [0.3, 0.4) is 0 Å². The number of rotatable bonds is 13. The number of aliphatic imine (C=N–C) groups is 1. The van der Waals surface area contributed by atoms with Crippen LogP contribution in [0.5, 0.6) is 5.75 Å². The monoisotopic (exact) mass is 571 g/mol. The van der Waals surface area contributed by atoms with Crippen molar-refractivity contribution in [2.45, 2.75) is 27.3 Å². The molecule has 0 spiro atoms. The summed E-state index contributed by atoms with van der Waals surface area (Å²) in [6.45, 7) is 9.91. The molecule has 0 saturated heterocycles. The van der Waals surface area contributed by atoms with E-state index in [0.717, 1.165) is 16.8 Å². The molecule has 2 rings (SSSR count). The third-order valence-corrected chi connectivity index (χ3v) is 6.13. The third kappa shape index (κ3) is 8.59. The standard InChI is InChI=1S/C31H37N7O4/c1-8-22(11-9-21(4)31(41)38(6)17-23-15-19(2)13-14-35-23)27-20(3)10-12-24(29(27)42-7)37-25(16-26(32)36-18-39)28(33)30(40)34-5/h8-16,18,33,37H,1,17H2,2-7H3,(H,34,40)(H2,32,36,39)/b21-9+,22-11+,25-16+,33-28?. The third-order valence-electron chi connectivity index (χ3n) is 6.13. The molecule has 42 heavy (non-hydrogen) atoms. The number of hydrogen-bond acceptors (Lipinski definition) is 7. The highest BCUT2D eigenvalue weighted by Crippen LogP contribution is 2.37. The van der Waals surface area contributed by atoms with Crippen LogP contribution in [0, 0.1) is 19.3 Å². The zero-order valence-corrected chi connectivity index (χ0v) is 24.7. The lowest BCUT2D eigenvalue weighted by Gasteiger charge is -2.20. The number of likely N-dealkylation sites (N-methyl/N-ethyl adjacent to an activating group) is 1. The molecule has 0 atom stereocenters. The van der Waals surface area contributed by atoms with E-state index in [9.17, 15) is 14.4 Å². The summed E-state index contributed by atoms with van der Waals surface area (Å²) in [7, 11) is 4.59. The van der Waals surface area contributed by atoms with Crippen molar-refractivity contribution in [1.82, 2.24) is 15.2 Å². The van der Waals surface area contributed by atoms with Gasteiger partial charge in [-0.15, -0.1) is 0 Å². The molecule has 220 valence electrons. The number of ether oxygens (including phenoxy) is 1. The molecule has 0 unspecified atom stereocenters. The highest BCUT2D eigenvalue weighted by Gasteiger charge is 2.20. The lowest BCUT2D eigenvalue weighted by atomic mass is 9.97. The number of carbonyl (C=O) groups excluding carboxylic acids is 3. The van der Waals surface area contributed by atoms with Gasteiger partial charge < -0.3 is 26.0 Å². The predicted octanol–water partition coefficient (Wildman–Crippen LogP) is 3.46. The lowest BCUT2D eigenvalue weighted by molar-refractivity contribution is -0.126. The first-order valence-electron chi connectivity index (χ1n) is 12.9. The molecule has 11 heteroatoms. The van der Waals surface area contributed by atoms with Gasteiger partial charge in [0.2, 0.25) is 12.3 Å². The van der Waals surface area contributed by atoms with Crippen LogP contribution in [0.15, 0.2) is 77.6 Å². The van der Waals surface area contributed by atoms with Crippen molar-refractivity contribution in [3.63, 3.8) is 0 Å². The Hall–Kier alpha value is -5.32. The molecule has 5 N–H and O–H groups in total. The number of anilines is 1. The summed E-state index contributed by atoms with van der Waals surface area (Å²) >= 11 is 0. The Bertz CT molecular complexity index is 1500. The van der Waals surface area contributed by atoms with Crippen LogP contribution in [-0.2, 0) is 20.9 Å². The number of nitrogens with one attached hydrogen (secondary N) is 3. The quantitative estimate of drug-likeness (QED) is 0.0940. The van der Waals surface area contributed by atoms with E-state index in [1.54, 1.807) is 49.4 Å². The molecular weight excluding hydrogens is 534 g/mol. The lowest BCUT2D eigenvalue weighted by Crippen LogP contribution is -2.31. The van der Waals surface area contributed by atoms with Crippen LogP contribution in [0.2, 0.25) is 0 Å². The van der Waals surface area contributed by atoms with Gasteiger partial charge in [0.15, 0.2) is 0 Å². The van der Waals surface area contributed by atoms with Gasteiger partial charge in [0.25, 0.3) is 5.91 Å². The van der Waals surface area contributed by atoms with Crippen LogP contribution in [0.4, 0.5) is 5.69 Å². The minimum absolute atomic E-state index is 0.0119. The van der Waals surface area contributed by atoms with E-state index in [1.165, 1.54) is 20.2 Å². The van der Waals surface area contributed by atoms with E-state index >= 15 is 0 Å². The zero-order chi connectivity index (χ0) is 31.4. The van der Waals surface area contributed by atoms with Gasteiger partial charge in [-0.05, 0) is 55.7 Å². The van der Waals surface area contributed by atoms with E-state index in [1.807, 2.05) is 32.0 Å². The van der Waals surface area contributed by atoms with Gasteiger partial charge in [0.1, 0.15) is 17.3 Å². The second-order valence-electron chi connectivity index (χ2n) is 9.30. The molecule has 0 radical (unpaired) electrons. The van der Waals surface area contributed by atoms with E-state index in [4.69, 9.17) is 15.9 Å². The summed E-state index contributed by atoms with van der Waals surface area (Å²) < 4.78 is 5.76. The van der Waals surface area contributed by atoms with Crippen molar-refractivity contribution in [2.24, 2.45) is 10.7 Å². The van der Waals surface area contributed by atoms with E-state index in [-0.39, 0.29) is 23.8 Å². The van der Waals surface area contributed by atoms with Crippen molar-refractivity contribution in [1.29, 1.82) is 5.41 Å². The largest absolute Gasteiger partial charge is 0.494 e. The normalized spacial score (nSPS) is 12.3. The van der Waals surface area contributed by atoms with Crippen LogP contribution >= 0.6 is 0 Å². The van der Waals surface area contributed by atoms with Crippen molar-refractivity contribution in [3.05, 3.63) is 95.0 Å². The number of pyridine rings is 1. The summed E-state index contributed by atoms with van der Waals surface area (Å²) in [5.41, 5.74) is 10.3. The molecule has 3 amide bonds. The minimum Gasteiger partial charge on any atom is -0.494 e. The van der Waals surface area contributed by atoms with Crippen molar-refractivity contribution in [3.8, 4) is 5.75 Å². The predicted molar refractivity (Wildman–Crippen MR) is 166 cm³/mol. The van der Waals surface area contributed by atoms with Crippen LogP contribution in [0.25, 0.3) is 5.57 Å². The Balaban J connectivity index is 2.50. The molecule has 0 bridgehead atoms. The average Bonchev–Trinajstić information content (AvgIpc) is 2.97. The fourth-order valence-corrected chi connectivity index (χ4v) is 4.00. The van der Waals surface area contributed by atoms with Gasteiger partial charge in [0.05, 0.1) is 30.7 Å². The highest BCUT2D eigenvalue weighted by molar-refractivity contribution is 6.45. The first-order valence-corrected chi connectivity index (χ1v) is 12.9. The van der Waals surface area contributed by atoms with Gasteiger partial charge in [-0.2, -0.15) is 4.99 Å². The number of aryl methyl sites for hydroxylation is 2. The molecule has 1 aromatic carbocycles. The van der Waals surface area contributed by atoms with Crippen molar-refractivity contribution in [2.75, 3.05) is 26.5 Å². The summed E-state index contributed by atoms with van der Waals surface area (Å²) in [6.07, 6.45) is 8.30. The Morgan fingerprint density at radius 2 is 1.95 bits per heavy atom. The first-order chi connectivity index (χ1) is 20.0. The molecule has 11 nitrogen and oxygen atoms in total. The average molecular weight is 572 g/mol. The Labute approximate surface area is 246 Å². The van der Waals surface area contributed by atoms with Crippen LogP contribution in [-0.4, -0.2) is 60.9 Å². The summed E-state index contributed by atoms with van der Waals surface area (Å²) in [6, 6.07) is 7.38. The molecule has 0 aliphatic carbocycles. The molecule has 0 aliphatic heterocycles. The SMILES string of the molecule is C=C/C(=C\C=C(/C)C(=O)N(C)Cc1cc(C)ccn1)c1c(C)ccc(N/C(=C/C(N)=NC=O)C(=N)C(=O)NC)c1OC. The second kappa shape index (κ2) is 15.5. The Morgan fingerprint density at radius 3 is 2.55 bits per heavy atom. The number of nitrogens with two attached hydrogens (primary N) is 1. The fraction of sp³-hybridized carbons (Fsp3) is 0.226. The zero-order valence-electron chi connectivity index (χ0n) is 24.7. The number of nitrogens with zero attached hydrogens (tertiary/aromatic N) is 3. The number of methoxy groups -OCH3 is 1. The topological polar surface area (TPSA) is 163 Å². The maximum atomic E-state index is 13.1. The van der Waals surface area contributed by atoms with Gasteiger partial charge >= 0.3 is 0 Å². The number of amides is 3. The molecule has 0 saturated carbocycles. The van der Waals surface area contributed by atoms with Crippen LogP contribution < -0.4 is 21.1 Å². The molecule has 0 aliphatic rings. The fourth-order valence-electron chi connectivity index (χ4n) is 4.00. The van der Waals surface area contributed by atoms with Crippen molar-refractivity contribution < 1.29 is 19.1 Å². The maximum absolute atomic E-state index is 13.1. The van der Waals surface area contributed by atoms with E-state index < -0.39 is 11.6 Å². The van der Waals surface area contributed by atoms with Gasteiger partial charge in [-0.3, -0.25) is 24.8 Å². The molecular formula is C31H37N7O4. The summed E-state index contributed by atoms with van der Waals surface area (Å²) in [5, 5.41) is 13.7. The van der Waals surface area contributed by atoms with E-state index in [2.05, 4.69) is 27.2 Å². The molecule has 0 fully saturated rings. The molecule has 2 aromatic rings. The number of carbonyl (C=O) groups is 3. The Kier molecular flexibility index (Phi) is 12.1. The molecule has 1 heterocycles. The minimum atomic E-state index is -0.681. The van der Waals surface area contributed by atoms with E-state index in [0.29, 0.717) is 34.7 Å². The van der Waals surface area contributed by atoms with Gasteiger partial charge in [-0.1, -0.05) is 30.9 Å². The smallest absolute Gasteiger partial charge is 0.271 e. The number of amidine groups is 1. The summed E-state index contributed by atoms with van der Waals surface area (Å²) in [5.74, 6) is -0.650. The Morgan fingerprint density at radius 1 is 1.24 bits per heavy atom. The van der Waals surface area contributed by atoms with Crippen molar-refractivity contribution >= 4 is 41.0 Å². The number of hydrogen-bond donors (Lipinski definition) is 4. The number of aromatic nitrogens is 1. The van der Waals surface area contributed by atoms with Crippen LogP contribution in [0.1, 0.15) is 29.3 Å². The number of benzene rings is 1. The summed E-state index contributed by atoms with van der Waals surface area (Å²) in [4.78, 5) is 45.4.